The van der Waals surface area contributed by atoms with E-state index in [1.54, 1.807) is 0 Å². The average Bonchev–Trinajstić information content (AvgIpc) is 2.79. The van der Waals surface area contributed by atoms with Gasteiger partial charge in [0.2, 0.25) is 0 Å². The van der Waals surface area contributed by atoms with Crippen molar-refractivity contribution < 1.29 is 4.74 Å². The van der Waals surface area contributed by atoms with Crippen LogP contribution in [0, 0.1) is 0 Å². The van der Waals surface area contributed by atoms with Gasteiger partial charge in [-0.1, -0.05) is 18.2 Å². The van der Waals surface area contributed by atoms with Crippen molar-refractivity contribution in [3.63, 3.8) is 0 Å². The summed E-state index contributed by atoms with van der Waals surface area (Å²) < 4.78 is 5.42. The number of hydrogen-bond acceptors (Lipinski definition) is 3. The fourth-order valence-corrected chi connectivity index (χ4v) is 2.53. The molecule has 4 nitrogen and oxygen atoms in total. The van der Waals surface area contributed by atoms with Gasteiger partial charge in [0.25, 0.3) is 0 Å². The summed E-state index contributed by atoms with van der Waals surface area (Å²) in [5.74, 6) is 0.927. The van der Waals surface area contributed by atoms with E-state index in [2.05, 4.69) is 54.4 Å². The second kappa shape index (κ2) is 5.29. The zero-order chi connectivity index (χ0) is 14.0. The minimum absolute atomic E-state index is 0.00720. The Kier molecular flexibility index (Phi) is 3.49. The van der Waals surface area contributed by atoms with Gasteiger partial charge in [-0.2, -0.15) is 0 Å². The number of para-hydroxylation sites is 2. The lowest BCUT2D eigenvalue weighted by molar-refractivity contribution is 0.123. The van der Waals surface area contributed by atoms with Crippen LogP contribution in [0.4, 0.5) is 11.4 Å². The second-order valence-electron chi connectivity index (χ2n) is 5.77. The van der Waals surface area contributed by atoms with E-state index in [1.807, 2.05) is 6.07 Å². The first-order valence-corrected chi connectivity index (χ1v) is 7.12. The highest BCUT2D eigenvalue weighted by atomic mass is 16.5. The normalized spacial score (nSPS) is 23.1. The van der Waals surface area contributed by atoms with E-state index in [0.717, 1.165) is 37.8 Å². The summed E-state index contributed by atoms with van der Waals surface area (Å²) in [6.45, 7) is 7.71. The summed E-state index contributed by atoms with van der Waals surface area (Å²) in [5, 5.41) is 3.40. The topological polar surface area (TPSA) is 36.9 Å². The maximum atomic E-state index is 5.42. The molecule has 2 aliphatic heterocycles. The van der Waals surface area contributed by atoms with Crippen molar-refractivity contribution in [1.82, 2.24) is 5.32 Å². The van der Waals surface area contributed by atoms with Crippen molar-refractivity contribution in [2.75, 3.05) is 31.2 Å². The monoisotopic (exact) mass is 271 g/mol. The molecule has 0 unspecified atom stereocenters. The minimum atomic E-state index is -0.00720. The largest absolute Gasteiger partial charge is 0.378 e. The molecule has 0 amide bonds. The van der Waals surface area contributed by atoms with Gasteiger partial charge in [0.15, 0.2) is 0 Å². The van der Waals surface area contributed by atoms with E-state index in [4.69, 9.17) is 9.73 Å². The fourth-order valence-electron chi connectivity index (χ4n) is 2.53. The second-order valence-corrected chi connectivity index (χ2v) is 5.77. The van der Waals surface area contributed by atoms with Gasteiger partial charge in [-0.05, 0) is 32.1 Å². The first-order valence-electron chi connectivity index (χ1n) is 7.12. The molecule has 0 aliphatic carbocycles. The average molecular weight is 271 g/mol. The van der Waals surface area contributed by atoms with Crippen LogP contribution in [0.2, 0.25) is 0 Å². The SMILES string of the molecule is CC1(C)C=CC(=Nc2ccccc2N2CCOCC2)N1. The van der Waals surface area contributed by atoms with Crippen LogP contribution < -0.4 is 10.2 Å². The molecule has 4 heteroatoms. The molecule has 0 atom stereocenters. The number of hydrogen-bond donors (Lipinski definition) is 1. The van der Waals surface area contributed by atoms with Crippen molar-refractivity contribution in [2.45, 2.75) is 19.4 Å². The number of amidine groups is 1. The maximum Gasteiger partial charge on any atom is 0.127 e. The molecule has 2 aliphatic rings. The van der Waals surface area contributed by atoms with Gasteiger partial charge in [-0.15, -0.1) is 0 Å². The Hall–Kier alpha value is -1.81. The lowest BCUT2D eigenvalue weighted by Crippen LogP contribution is -2.36. The van der Waals surface area contributed by atoms with Crippen LogP contribution in [0.1, 0.15) is 13.8 Å². The van der Waals surface area contributed by atoms with Crippen LogP contribution in [0.5, 0.6) is 0 Å². The molecule has 0 saturated carbocycles. The highest BCUT2D eigenvalue weighted by molar-refractivity contribution is 5.98. The molecular weight excluding hydrogens is 250 g/mol. The molecule has 0 spiro atoms. The van der Waals surface area contributed by atoms with Crippen molar-refractivity contribution in [1.29, 1.82) is 0 Å². The number of ether oxygens (including phenoxy) is 1. The van der Waals surface area contributed by atoms with Crippen LogP contribution in [-0.4, -0.2) is 37.7 Å². The Morgan fingerprint density at radius 2 is 1.95 bits per heavy atom. The Morgan fingerprint density at radius 3 is 2.65 bits per heavy atom. The smallest absolute Gasteiger partial charge is 0.127 e. The summed E-state index contributed by atoms with van der Waals surface area (Å²) in [6.07, 6.45) is 4.19. The van der Waals surface area contributed by atoms with Gasteiger partial charge in [0.1, 0.15) is 5.84 Å². The first kappa shape index (κ1) is 13.2. The van der Waals surface area contributed by atoms with Crippen molar-refractivity contribution in [3.8, 4) is 0 Å². The summed E-state index contributed by atoms with van der Waals surface area (Å²) >= 11 is 0. The summed E-state index contributed by atoms with van der Waals surface area (Å²) in [5.41, 5.74) is 2.19. The van der Waals surface area contributed by atoms with Crippen molar-refractivity contribution >= 4 is 17.2 Å². The number of nitrogens with one attached hydrogen (secondary N) is 1. The standard InChI is InChI=1S/C16H21N3O/c1-16(2)8-7-15(18-16)17-13-5-3-4-6-14(13)19-9-11-20-12-10-19/h3-8H,9-12H2,1-2H3,(H,17,18). The molecular formula is C16H21N3O. The number of aliphatic imine (C=N–C) groups is 1. The van der Waals surface area contributed by atoms with E-state index >= 15 is 0 Å². The lowest BCUT2D eigenvalue weighted by atomic mass is 10.1. The zero-order valence-electron chi connectivity index (χ0n) is 12.1. The van der Waals surface area contributed by atoms with E-state index in [-0.39, 0.29) is 5.54 Å². The van der Waals surface area contributed by atoms with E-state index in [1.165, 1.54) is 5.69 Å². The molecule has 1 N–H and O–H groups in total. The third-order valence-corrected chi connectivity index (χ3v) is 3.58. The summed E-state index contributed by atoms with van der Waals surface area (Å²) in [7, 11) is 0. The molecule has 0 bridgehead atoms. The van der Waals surface area contributed by atoms with Crippen LogP contribution >= 0.6 is 0 Å². The fraction of sp³-hybridized carbons (Fsp3) is 0.438. The van der Waals surface area contributed by atoms with Gasteiger partial charge in [0.05, 0.1) is 30.1 Å². The summed E-state index contributed by atoms with van der Waals surface area (Å²) in [4.78, 5) is 7.11. The van der Waals surface area contributed by atoms with Crippen LogP contribution in [0.25, 0.3) is 0 Å². The Balaban J connectivity index is 1.87. The molecule has 2 heterocycles. The molecule has 1 aromatic carbocycles. The number of rotatable bonds is 2. The molecule has 1 aromatic rings. The van der Waals surface area contributed by atoms with Gasteiger partial charge in [0, 0.05) is 13.1 Å². The van der Waals surface area contributed by atoms with Crippen molar-refractivity contribution in [2.24, 2.45) is 4.99 Å². The van der Waals surface area contributed by atoms with E-state index in [9.17, 15) is 0 Å². The number of anilines is 1. The quantitative estimate of drug-likeness (QED) is 0.898. The van der Waals surface area contributed by atoms with E-state index < -0.39 is 0 Å². The minimum Gasteiger partial charge on any atom is -0.378 e. The Bertz CT molecular complexity index is 542. The molecule has 0 aromatic heterocycles. The molecule has 0 radical (unpaired) electrons. The highest BCUT2D eigenvalue weighted by Crippen LogP contribution is 2.29. The molecule has 1 fully saturated rings. The van der Waals surface area contributed by atoms with Crippen molar-refractivity contribution in [3.05, 3.63) is 36.4 Å². The Labute approximate surface area is 120 Å². The maximum absolute atomic E-state index is 5.42. The highest BCUT2D eigenvalue weighted by Gasteiger charge is 2.21. The molecule has 1 saturated heterocycles. The third-order valence-electron chi connectivity index (χ3n) is 3.58. The van der Waals surface area contributed by atoms with Gasteiger partial charge < -0.3 is 15.0 Å². The van der Waals surface area contributed by atoms with E-state index in [0.29, 0.717) is 0 Å². The van der Waals surface area contributed by atoms with Crippen LogP contribution in [0.15, 0.2) is 41.4 Å². The summed E-state index contributed by atoms with van der Waals surface area (Å²) in [6, 6.07) is 8.30. The lowest BCUT2D eigenvalue weighted by Gasteiger charge is -2.29. The predicted molar refractivity (Wildman–Crippen MR) is 82.9 cm³/mol. The Morgan fingerprint density at radius 1 is 1.20 bits per heavy atom. The van der Waals surface area contributed by atoms with Crippen LogP contribution in [-0.2, 0) is 4.74 Å². The number of benzene rings is 1. The zero-order valence-corrected chi connectivity index (χ0v) is 12.1. The molecule has 20 heavy (non-hydrogen) atoms. The predicted octanol–water partition coefficient (Wildman–Crippen LogP) is 2.49. The van der Waals surface area contributed by atoms with Gasteiger partial charge in [-0.3, -0.25) is 0 Å². The molecule has 106 valence electrons. The third kappa shape index (κ3) is 2.85. The number of nitrogens with zero attached hydrogens (tertiary/aromatic N) is 2. The van der Waals surface area contributed by atoms with Crippen LogP contribution in [0.3, 0.4) is 0 Å². The number of morpholine rings is 1. The molecule has 3 rings (SSSR count). The van der Waals surface area contributed by atoms with Gasteiger partial charge in [-0.25, -0.2) is 4.99 Å². The van der Waals surface area contributed by atoms with Gasteiger partial charge >= 0.3 is 0 Å². The first-order chi connectivity index (χ1) is 9.64.